The number of rotatable bonds is 5. The Morgan fingerprint density at radius 2 is 1.97 bits per heavy atom. The largest absolute Gasteiger partial charge is 0.494 e. The number of aromatic hydroxyl groups is 1. The summed E-state index contributed by atoms with van der Waals surface area (Å²) in [4.78, 5) is 43.1. The first-order valence-corrected chi connectivity index (χ1v) is 9.68. The van der Waals surface area contributed by atoms with Crippen LogP contribution in [0.25, 0.3) is 0 Å². The average molecular weight is 435 g/mol. The monoisotopic (exact) mass is 435 g/mol. The number of aromatic nitrogens is 2. The summed E-state index contributed by atoms with van der Waals surface area (Å²) < 4.78 is 5.84. The van der Waals surface area contributed by atoms with Crippen molar-refractivity contribution in [2.75, 3.05) is 21.1 Å². The Morgan fingerprint density at radius 3 is 2.63 bits per heavy atom. The lowest BCUT2D eigenvalue weighted by molar-refractivity contribution is -0.130. The number of H-pyrrole nitrogens is 1. The summed E-state index contributed by atoms with van der Waals surface area (Å²) >= 11 is 5.11. The maximum atomic E-state index is 12.4. The van der Waals surface area contributed by atoms with Crippen LogP contribution in [0.1, 0.15) is 25.3 Å². The van der Waals surface area contributed by atoms with Gasteiger partial charge in [0.2, 0.25) is 11.9 Å². The first-order valence-electron chi connectivity index (χ1n) is 9.27. The lowest BCUT2D eigenvalue weighted by Crippen LogP contribution is -2.63. The normalized spacial score (nSPS) is 18.8. The lowest BCUT2D eigenvalue weighted by Gasteiger charge is -2.30. The van der Waals surface area contributed by atoms with Crippen molar-refractivity contribution in [3.63, 3.8) is 0 Å². The van der Waals surface area contributed by atoms with Crippen molar-refractivity contribution in [2.24, 2.45) is 5.10 Å². The van der Waals surface area contributed by atoms with Crippen molar-refractivity contribution in [1.82, 2.24) is 34.3 Å². The number of unbranched alkanes of at least 4 members (excludes halogenated alkanes) is 1. The number of hydrazone groups is 1. The van der Waals surface area contributed by atoms with E-state index in [9.17, 15) is 19.5 Å². The van der Waals surface area contributed by atoms with Crippen molar-refractivity contribution in [3.8, 4) is 5.88 Å². The van der Waals surface area contributed by atoms with E-state index < -0.39 is 23.5 Å². The van der Waals surface area contributed by atoms with Crippen LogP contribution >= 0.6 is 12.2 Å². The van der Waals surface area contributed by atoms with E-state index in [1.807, 2.05) is 6.92 Å². The minimum absolute atomic E-state index is 0.0679. The number of fused-ring (bicyclic) bond motifs is 1. The molecule has 2 aliphatic rings. The van der Waals surface area contributed by atoms with E-state index in [4.69, 9.17) is 12.2 Å². The van der Waals surface area contributed by atoms with Gasteiger partial charge < -0.3 is 5.11 Å². The summed E-state index contributed by atoms with van der Waals surface area (Å²) in [6.07, 6.45) is 2.82. The zero-order valence-corrected chi connectivity index (χ0v) is 17.9. The van der Waals surface area contributed by atoms with Gasteiger partial charge in [0.25, 0.3) is 11.5 Å². The van der Waals surface area contributed by atoms with E-state index in [-0.39, 0.29) is 28.0 Å². The van der Waals surface area contributed by atoms with Gasteiger partial charge in [-0.3, -0.25) is 24.0 Å². The van der Waals surface area contributed by atoms with E-state index >= 15 is 0 Å². The Bertz CT molecular complexity index is 1110. The summed E-state index contributed by atoms with van der Waals surface area (Å²) in [7, 11) is 4.56. The van der Waals surface area contributed by atoms with Gasteiger partial charge >= 0.3 is 17.8 Å². The van der Waals surface area contributed by atoms with E-state index in [2.05, 4.69) is 20.2 Å². The summed E-state index contributed by atoms with van der Waals surface area (Å²) in [6, 6.07) is -1.24. The fourth-order valence-corrected chi connectivity index (χ4v) is 3.42. The highest BCUT2D eigenvalue weighted by Gasteiger charge is 2.53. The molecule has 1 aromatic rings. The number of urea groups is 1. The molecule has 1 atom stereocenters. The molecular weight excluding hydrogens is 412 g/mol. The van der Waals surface area contributed by atoms with Crippen LogP contribution in [0.4, 0.5) is 4.79 Å². The third-order valence-corrected chi connectivity index (χ3v) is 5.29. The van der Waals surface area contributed by atoms with E-state index in [0.717, 1.165) is 24.0 Å². The molecule has 0 aliphatic carbocycles. The first-order chi connectivity index (χ1) is 14.2. The maximum Gasteiger partial charge on any atom is 0.421 e. The highest BCUT2D eigenvalue weighted by Crippen LogP contribution is 2.16. The number of guanidine groups is 1. The molecule has 3 rings (SSSR count). The minimum Gasteiger partial charge on any atom is -0.494 e. The molecule has 30 heavy (non-hydrogen) atoms. The highest BCUT2D eigenvalue weighted by molar-refractivity contribution is 7.71. The summed E-state index contributed by atoms with van der Waals surface area (Å²) in [5, 5.41) is 14.4. The third-order valence-electron chi connectivity index (χ3n) is 4.97. The van der Waals surface area contributed by atoms with Crippen LogP contribution in [-0.4, -0.2) is 86.5 Å². The summed E-state index contributed by atoms with van der Waals surface area (Å²) in [5.74, 6) is -0.206. The molecule has 0 saturated carbocycles. The molecule has 0 bridgehead atoms. The standard InChI is InChI=1S/C17H22N8O4S/c1-5-6-7-25-13(27)9(12(26)20-16(25)30)8-18-21-15-19-11-10(22(15)2)14(28)24(4)17(29)23(11)3/h8,10H,5-7H2,1-4H3,(H2,18,20,26,27,30)/p+1. The van der Waals surface area contributed by atoms with Crippen molar-refractivity contribution < 1.29 is 14.7 Å². The maximum absolute atomic E-state index is 12.4. The number of nitrogens with zero attached hydrogens (tertiary/aromatic N) is 6. The van der Waals surface area contributed by atoms with Gasteiger partial charge in [-0.25, -0.2) is 19.3 Å². The molecule has 0 aromatic carbocycles. The van der Waals surface area contributed by atoms with Crippen LogP contribution in [0.2, 0.25) is 0 Å². The van der Waals surface area contributed by atoms with Crippen LogP contribution < -0.4 is 15.7 Å². The van der Waals surface area contributed by atoms with Crippen LogP contribution in [0, 0.1) is 4.77 Å². The van der Waals surface area contributed by atoms with Gasteiger partial charge in [0.15, 0.2) is 4.77 Å². The minimum atomic E-state index is -0.761. The van der Waals surface area contributed by atoms with Crippen molar-refractivity contribution >= 4 is 42.2 Å². The fraction of sp³-hybridized carbons (Fsp3) is 0.471. The molecule has 1 aromatic heterocycles. The Hall–Kier alpha value is -3.44. The molecule has 1 fully saturated rings. The number of nitrogens with one attached hydrogen (secondary N) is 2. The van der Waals surface area contributed by atoms with Crippen LogP contribution in [0.5, 0.6) is 5.88 Å². The topological polar surface area (TPSA) is 140 Å². The van der Waals surface area contributed by atoms with E-state index in [0.29, 0.717) is 6.54 Å². The molecule has 3 amide bonds. The zero-order chi connectivity index (χ0) is 22.2. The zero-order valence-electron chi connectivity index (χ0n) is 17.0. The van der Waals surface area contributed by atoms with E-state index in [1.54, 1.807) is 7.05 Å². The Kier molecular flexibility index (Phi) is 5.76. The molecule has 160 valence electrons. The second-order valence-corrected chi connectivity index (χ2v) is 7.30. The van der Waals surface area contributed by atoms with Gasteiger partial charge in [0.1, 0.15) is 5.56 Å². The molecule has 3 N–H and O–H groups in total. The number of aromatic amines is 1. The molecule has 2 aliphatic heterocycles. The second-order valence-electron chi connectivity index (χ2n) is 6.92. The molecule has 0 radical (unpaired) electrons. The number of amidine groups is 1. The van der Waals surface area contributed by atoms with Gasteiger partial charge in [-0.15, -0.1) is 5.10 Å². The molecule has 1 saturated heterocycles. The van der Waals surface area contributed by atoms with Crippen LogP contribution in [0.15, 0.2) is 9.90 Å². The molecule has 12 nitrogen and oxygen atoms in total. The van der Waals surface area contributed by atoms with E-state index in [1.165, 1.54) is 28.5 Å². The Balaban J connectivity index is 1.87. The quantitative estimate of drug-likeness (QED) is 0.233. The number of carbonyl (C=O) groups is 2. The lowest BCUT2D eigenvalue weighted by atomic mass is 10.1. The number of imide groups is 1. The van der Waals surface area contributed by atoms with Crippen molar-refractivity contribution in [3.05, 3.63) is 20.7 Å². The highest BCUT2D eigenvalue weighted by atomic mass is 32.1. The smallest absolute Gasteiger partial charge is 0.421 e. The number of hydrogen-bond acceptors (Lipinski definition) is 8. The number of carbonyl (C=O) groups excluding carboxylic acids is 2. The summed E-state index contributed by atoms with van der Waals surface area (Å²) in [6.45, 7) is 2.46. The predicted octanol–water partition coefficient (Wildman–Crippen LogP) is -1.01. The molecule has 0 spiro atoms. The number of hydrogen-bond donors (Lipinski definition) is 3. The van der Waals surface area contributed by atoms with Gasteiger partial charge in [0.05, 0.1) is 13.3 Å². The van der Waals surface area contributed by atoms with Crippen LogP contribution in [-0.2, 0) is 11.3 Å². The van der Waals surface area contributed by atoms with Crippen LogP contribution in [0.3, 0.4) is 0 Å². The third kappa shape index (κ3) is 3.48. The van der Waals surface area contributed by atoms with Gasteiger partial charge in [0, 0.05) is 20.6 Å². The molecule has 1 unspecified atom stereocenters. The second kappa shape index (κ2) is 8.13. The number of amides is 3. The van der Waals surface area contributed by atoms with Gasteiger partial charge in [-0.1, -0.05) is 13.3 Å². The Labute approximate surface area is 176 Å². The molecule has 13 heteroatoms. The fourth-order valence-electron chi connectivity index (χ4n) is 3.15. The Morgan fingerprint density at radius 1 is 1.27 bits per heavy atom. The SMILES string of the molecule is CCCCn1c(O)c(/C=N/NC2=[N+]=C3C(C(=O)N(C)C(=O)N3C)N2C)c(=O)[nH]c1=S. The molecular formula is C17H23N8O4S+. The van der Waals surface area contributed by atoms with Gasteiger partial charge in [-0.05, 0) is 18.6 Å². The summed E-state index contributed by atoms with van der Waals surface area (Å²) in [5.41, 5.74) is 2.01. The van der Waals surface area contributed by atoms with Gasteiger partial charge in [-0.2, -0.15) is 5.43 Å². The average Bonchev–Trinajstić information content (AvgIpc) is 3.03. The number of likely N-dealkylation sites (N-methyl/N-ethyl adjacent to an activating group) is 3. The predicted molar refractivity (Wildman–Crippen MR) is 113 cm³/mol. The van der Waals surface area contributed by atoms with Crippen molar-refractivity contribution in [1.29, 1.82) is 0 Å². The van der Waals surface area contributed by atoms with Crippen molar-refractivity contribution in [2.45, 2.75) is 32.4 Å². The first kappa shape index (κ1) is 21.3. The molecule has 3 heterocycles.